The average Bonchev–Trinajstić information content (AvgIpc) is 2.99. The molecule has 0 aliphatic carbocycles. The first kappa shape index (κ1) is 18.8. The number of benzene rings is 1. The summed E-state index contributed by atoms with van der Waals surface area (Å²) in [6.45, 7) is 1.79. The van der Waals surface area contributed by atoms with E-state index in [1.807, 2.05) is 24.3 Å². The summed E-state index contributed by atoms with van der Waals surface area (Å²) >= 11 is 4.49. The van der Waals surface area contributed by atoms with Crippen molar-refractivity contribution in [3.8, 4) is 6.07 Å². The second-order valence-corrected chi connectivity index (χ2v) is 7.95. The molecule has 136 valence electrons. The van der Waals surface area contributed by atoms with Crippen molar-refractivity contribution in [2.45, 2.75) is 11.2 Å². The fourth-order valence-electron chi connectivity index (χ4n) is 2.94. The highest BCUT2D eigenvalue weighted by molar-refractivity contribution is 9.10. The van der Waals surface area contributed by atoms with Crippen molar-refractivity contribution >= 4 is 39.6 Å². The van der Waals surface area contributed by atoms with E-state index in [9.17, 15) is 14.9 Å². The summed E-state index contributed by atoms with van der Waals surface area (Å²) in [7, 11) is 0. The molecule has 2 unspecified atom stereocenters. The first-order chi connectivity index (χ1) is 12.5. The lowest BCUT2D eigenvalue weighted by Gasteiger charge is -2.27. The van der Waals surface area contributed by atoms with Gasteiger partial charge in [-0.15, -0.1) is 0 Å². The standard InChI is InChI=1S/C17H17BrN4O3S/c18-11-3-1-10(2-4-11)13-12(9-19)15(20)26-14(13)16(23)21-17(24)22-5-7-25-8-6-22/h1-4,13-14H,5-8,20H2,(H,21,23,24). The summed E-state index contributed by atoms with van der Waals surface area (Å²) in [6.07, 6.45) is 0. The van der Waals surface area contributed by atoms with E-state index in [4.69, 9.17) is 10.5 Å². The SMILES string of the molecule is N#CC1=C(N)SC(C(=O)NC(=O)N2CCOCC2)C1c1ccc(Br)cc1. The minimum Gasteiger partial charge on any atom is -0.393 e. The van der Waals surface area contributed by atoms with Gasteiger partial charge in [0.25, 0.3) is 0 Å². The number of nitrogens with one attached hydrogen (secondary N) is 1. The number of thioether (sulfide) groups is 1. The number of halogens is 1. The number of nitrogens with two attached hydrogens (primary N) is 1. The van der Waals surface area contributed by atoms with Crippen LogP contribution >= 0.6 is 27.7 Å². The van der Waals surface area contributed by atoms with Crippen LogP contribution in [0.2, 0.25) is 0 Å². The van der Waals surface area contributed by atoms with Crippen LogP contribution in [0.15, 0.2) is 39.3 Å². The molecule has 0 saturated carbocycles. The second-order valence-electron chi connectivity index (χ2n) is 5.85. The lowest BCUT2D eigenvalue weighted by atomic mass is 9.89. The Balaban J connectivity index is 1.79. The molecule has 0 bridgehead atoms. The summed E-state index contributed by atoms with van der Waals surface area (Å²) in [5.74, 6) is -0.941. The molecular weight excluding hydrogens is 420 g/mol. The smallest absolute Gasteiger partial charge is 0.324 e. The van der Waals surface area contributed by atoms with Gasteiger partial charge in [0.1, 0.15) is 5.25 Å². The highest BCUT2D eigenvalue weighted by Crippen LogP contribution is 2.45. The van der Waals surface area contributed by atoms with E-state index in [0.717, 1.165) is 21.8 Å². The number of carbonyl (C=O) groups excluding carboxylic acids is 2. The van der Waals surface area contributed by atoms with E-state index in [0.29, 0.717) is 36.9 Å². The summed E-state index contributed by atoms with van der Waals surface area (Å²) < 4.78 is 6.10. The van der Waals surface area contributed by atoms with Gasteiger partial charge in [-0.2, -0.15) is 5.26 Å². The van der Waals surface area contributed by atoms with E-state index in [1.54, 1.807) is 0 Å². The van der Waals surface area contributed by atoms with E-state index in [1.165, 1.54) is 4.90 Å². The van der Waals surface area contributed by atoms with Gasteiger partial charge in [-0.05, 0) is 17.7 Å². The van der Waals surface area contributed by atoms with E-state index < -0.39 is 23.1 Å². The van der Waals surface area contributed by atoms with Gasteiger partial charge in [-0.25, -0.2) is 4.79 Å². The number of rotatable bonds is 2. The molecule has 26 heavy (non-hydrogen) atoms. The molecule has 2 atom stereocenters. The van der Waals surface area contributed by atoms with Gasteiger partial charge in [0.15, 0.2) is 0 Å². The van der Waals surface area contributed by atoms with Gasteiger partial charge in [-0.3, -0.25) is 10.1 Å². The van der Waals surface area contributed by atoms with Crippen LogP contribution in [0.25, 0.3) is 0 Å². The number of urea groups is 1. The third-order valence-corrected chi connectivity index (χ3v) is 6.01. The zero-order valence-corrected chi connectivity index (χ0v) is 16.2. The fraction of sp³-hybridized carbons (Fsp3) is 0.353. The van der Waals surface area contributed by atoms with E-state index >= 15 is 0 Å². The zero-order chi connectivity index (χ0) is 18.7. The first-order valence-electron chi connectivity index (χ1n) is 8.00. The molecule has 1 aromatic rings. The predicted octanol–water partition coefficient (Wildman–Crippen LogP) is 1.91. The monoisotopic (exact) mass is 436 g/mol. The Labute approximate surface area is 163 Å². The van der Waals surface area contributed by atoms with E-state index in [-0.39, 0.29) is 0 Å². The van der Waals surface area contributed by atoms with Crippen molar-refractivity contribution in [2.24, 2.45) is 5.73 Å². The molecule has 1 aromatic carbocycles. The van der Waals surface area contributed by atoms with Crippen molar-refractivity contribution in [2.75, 3.05) is 26.3 Å². The maximum atomic E-state index is 12.7. The topological polar surface area (TPSA) is 108 Å². The van der Waals surface area contributed by atoms with Gasteiger partial charge >= 0.3 is 6.03 Å². The summed E-state index contributed by atoms with van der Waals surface area (Å²) in [4.78, 5) is 26.6. The Morgan fingerprint density at radius 1 is 1.31 bits per heavy atom. The molecule has 2 aliphatic heterocycles. The largest absolute Gasteiger partial charge is 0.393 e. The minimum absolute atomic E-state index is 0.319. The number of hydrogen-bond acceptors (Lipinski definition) is 6. The maximum Gasteiger partial charge on any atom is 0.324 e. The molecule has 0 aromatic heterocycles. The number of amides is 3. The van der Waals surface area contributed by atoms with Crippen molar-refractivity contribution in [1.82, 2.24) is 10.2 Å². The van der Waals surface area contributed by atoms with E-state index in [2.05, 4.69) is 27.3 Å². The highest BCUT2D eigenvalue weighted by Gasteiger charge is 2.41. The molecule has 1 saturated heterocycles. The van der Waals surface area contributed by atoms with Crippen LogP contribution in [0.3, 0.4) is 0 Å². The summed E-state index contributed by atoms with van der Waals surface area (Å²) in [6, 6.07) is 9.04. The Morgan fingerprint density at radius 2 is 1.96 bits per heavy atom. The number of nitriles is 1. The molecule has 3 rings (SSSR count). The first-order valence-corrected chi connectivity index (χ1v) is 9.68. The Morgan fingerprint density at radius 3 is 2.58 bits per heavy atom. The zero-order valence-electron chi connectivity index (χ0n) is 13.8. The molecule has 7 nitrogen and oxygen atoms in total. The maximum absolute atomic E-state index is 12.7. The molecular formula is C17H17BrN4O3S. The van der Waals surface area contributed by atoms with Crippen molar-refractivity contribution in [3.63, 3.8) is 0 Å². The Kier molecular flexibility index (Phi) is 5.86. The number of nitrogens with zero attached hydrogens (tertiary/aromatic N) is 2. The van der Waals surface area contributed by atoms with Crippen LogP contribution < -0.4 is 11.1 Å². The molecule has 9 heteroatoms. The van der Waals surface area contributed by atoms with Crippen LogP contribution in [-0.4, -0.2) is 48.4 Å². The molecule has 1 fully saturated rings. The lowest BCUT2D eigenvalue weighted by Crippen LogP contribution is -2.50. The molecule has 3 N–H and O–H groups in total. The number of ether oxygens (including phenoxy) is 1. The quantitative estimate of drug-likeness (QED) is 0.732. The van der Waals surface area contributed by atoms with Gasteiger partial charge < -0.3 is 15.4 Å². The summed E-state index contributed by atoms with van der Waals surface area (Å²) in [5, 5.41) is 11.6. The van der Waals surface area contributed by atoms with Gasteiger partial charge in [0, 0.05) is 23.5 Å². The van der Waals surface area contributed by atoms with Gasteiger partial charge in [0.2, 0.25) is 5.91 Å². The molecule has 2 aliphatic rings. The van der Waals surface area contributed by atoms with Crippen LogP contribution in [0.5, 0.6) is 0 Å². The molecule has 2 heterocycles. The molecule has 3 amide bonds. The molecule has 0 radical (unpaired) electrons. The van der Waals surface area contributed by atoms with Gasteiger partial charge in [-0.1, -0.05) is 39.8 Å². The number of carbonyl (C=O) groups is 2. The molecule has 0 spiro atoms. The third-order valence-electron chi connectivity index (χ3n) is 4.27. The van der Waals surface area contributed by atoms with Gasteiger partial charge in [0.05, 0.1) is 29.9 Å². The van der Waals surface area contributed by atoms with Crippen molar-refractivity contribution in [3.05, 3.63) is 44.9 Å². The van der Waals surface area contributed by atoms with Crippen LogP contribution in [0.1, 0.15) is 11.5 Å². The summed E-state index contributed by atoms with van der Waals surface area (Å²) in [5.41, 5.74) is 7.13. The number of allylic oxidation sites excluding steroid dienone is 1. The third kappa shape index (κ3) is 3.87. The Hall–Kier alpha value is -2.02. The minimum atomic E-state index is -0.671. The van der Waals surface area contributed by atoms with Crippen molar-refractivity contribution in [1.29, 1.82) is 5.26 Å². The van der Waals surface area contributed by atoms with Crippen LogP contribution in [0.4, 0.5) is 4.79 Å². The lowest BCUT2D eigenvalue weighted by molar-refractivity contribution is -0.119. The fourth-order valence-corrected chi connectivity index (χ4v) is 4.37. The Bertz CT molecular complexity index is 784. The number of imide groups is 1. The van der Waals surface area contributed by atoms with Crippen LogP contribution in [0, 0.1) is 11.3 Å². The highest BCUT2D eigenvalue weighted by atomic mass is 79.9. The number of hydrogen-bond donors (Lipinski definition) is 2. The second kappa shape index (κ2) is 8.12. The normalized spacial score (nSPS) is 22.8. The number of morpholine rings is 1. The van der Waals surface area contributed by atoms with Crippen LogP contribution in [-0.2, 0) is 9.53 Å². The predicted molar refractivity (Wildman–Crippen MR) is 101 cm³/mol. The average molecular weight is 437 g/mol. The van der Waals surface area contributed by atoms with Crippen molar-refractivity contribution < 1.29 is 14.3 Å².